The van der Waals surface area contributed by atoms with Gasteiger partial charge in [0, 0.05) is 22.7 Å². The van der Waals surface area contributed by atoms with E-state index in [4.69, 9.17) is 9.76 Å². The number of aromatic nitrogens is 1. The smallest absolute Gasteiger partial charge is 0.410 e. The van der Waals surface area contributed by atoms with Crippen molar-refractivity contribution < 1.29 is 31.3 Å². The lowest BCUT2D eigenvalue weighted by Gasteiger charge is -2.07. The van der Waals surface area contributed by atoms with Gasteiger partial charge in [-0.15, -0.1) is 0 Å². The summed E-state index contributed by atoms with van der Waals surface area (Å²) in [4.78, 5) is 3.07. The van der Waals surface area contributed by atoms with Gasteiger partial charge in [-0.05, 0) is 29.0 Å². The molecule has 5 aromatic rings. The molecule has 1 aromatic heterocycles. The van der Waals surface area contributed by atoms with Crippen molar-refractivity contribution in [3.63, 3.8) is 0 Å². The molecule has 0 aliphatic rings. The zero-order valence-electron chi connectivity index (χ0n) is 18.6. The van der Waals surface area contributed by atoms with Crippen LogP contribution in [0.2, 0.25) is 0 Å². The topological polar surface area (TPSA) is 103 Å². The summed E-state index contributed by atoms with van der Waals surface area (Å²) >= 11 is 0. The lowest BCUT2D eigenvalue weighted by molar-refractivity contribution is -0.0601. The zero-order chi connectivity index (χ0) is 26.2. The maximum atomic E-state index is 12.1. The highest BCUT2D eigenvalue weighted by Crippen LogP contribution is 2.23. The third kappa shape index (κ3) is 6.94. The number of para-hydroxylation sites is 1. The van der Waals surface area contributed by atoms with E-state index in [1.165, 1.54) is 41.2 Å². The third-order valence-electron chi connectivity index (χ3n) is 4.91. The second-order valence-electron chi connectivity index (χ2n) is 7.33. The number of fused-ring (bicyclic) bond motifs is 2. The number of hydrogen-bond acceptors (Lipinski definition) is 4. The fraction of sp³-hybridized carbons (Fsp3) is 0.0385. The van der Waals surface area contributed by atoms with Crippen molar-refractivity contribution in [2.75, 3.05) is 0 Å². The maximum absolute atomic E-state index is 12.1. The number of hydrogen-bond donors (Lipinski definition) is 3. The van der Waals surface area contributed by atoms with Crippen LogP contribution in [0.3, 0.4) is 0 Å². The van der Waals surface area contributed by atoms with Gasteiger partial charge >= 0.3 is 6.18 Å². The largest absolute Gasteiger partial charge is 0.437 e. The molecule has 1 heterocycles. The van der Waals surface area contributed by atoms with Crippen LogP contribution in [0.5, 0.6) is 0 Å². The monoisotopic (exact) mass is 514 g/mol. The van der Waals surface area contributed by atoms with Crippen LogP contribution in [0.4, 0.5) is 13.2 Å². The first kappa shape index (κ1) is 26.5. The Morgan fingerprint density at radius 2 is 1.33 bits per heavy atom. The second-order valence-corrected chi connectivity index (χ2v) is 8.72. The third-order valence-corrected chi connectivity index (χ3v) is 5.82. The first-order chi connectivity index (χ1) is 17.1. The zero-order valence-corrected chi connectivity index (χ0v) is 19.4. The van der Waals surface area contributed by atoms with E-state index < -0.39 is 22.0 Å². The molecule has 3 N–H and O–H groups in total. The predicted octanol–water partition coefficient (Wildman–Crippen LogP) is 6.68. The molecule has 186 valence electrons. The Labute approximate surface area is 205 Å². The Morgan fingerprint density at radius 3 is 1.94 bits per heavy atom. The molecule has 0 spiro atoms. The minimum Gasteiger partial charge on any atom is -0.410 e. The molecule has 10 heteroatoms. The summed E-state index contributed by atoms with van der Waals surface area (Å²) in [5.74, 6) is 0. The van der Waals surface area contributed by atoms with Gasteiger partial charge < -0.3 is 10.2 Å². The lowest BCUT2D eigenvalue weighted by atomic mass is 10.1. The summed E-state index contributed by atoms with van der Waals surface area (Å²) in [5.41, 5.74) is -0.233. The minimum absolute atomic E-state index is 0.0457. The van der Waals surface area contributed by atoms with Gasteiger partial charge in [0.15, 0.2) is 5.71 Å². The van der Waals surface area contributed by atoms with Gasteiger partial charge in [-0.1, -0.05) is 90.1 Å². The van der Waals surface area contributed by atoms with Crippen molar-refractivity contribution in [3.05, 3.63) is 115 Å². The number of H-pyrrole nitrogens is 1. The fourth-order valence-corrected chi connectivity index (χ4v) is 4.00. The second kappa shape index (κ2) is 11.5. The van der Waals surface area contributed by atoms with E-state index in [-0.39, 0.29) is 10.5 Å². The van der Waals surface area contributed by atoms with Crippen molar-refractivity contribution in [1.29, 1.82) is 0 Å². The van der Waals surface area contributed by atoms with Gasteiger partial charge in [0.2, 0.25) is 0 Å². The van der Waals surface area contributed by atoms with Crippen molar-refractivity contribution in [1.82, 2.24) is 4.98 Å². The molecule has 6 nitrogen and oxygen atoms in total. The van der Waals surface area contributed by atoms with E-state index >= 15 is 0 Å². The van der Waals surface area contributed by atoms with Crippen molar-refractivity contribution in [3.8, 4) is 0 Å². The van der Waals surface area contributed by atoms with Crippen LogP contribution in [0.15, 0.2) is 119 Å². The van der Waals surface area contributed by atoms with Crippen molar-refractivity contribution in [2.45, 2.75) is 11.1 Å². The molecule has 0 unspecified atom stereocenters. The molecule has 0 aliphatic carbocycles. The SMILES string of the molecule is O=S(=O)(O)c1cccc2ccccc12.ON=C(c1ccccc1)C(F)(F)F.c1ccc2[nH]ccc2c1. The number of halogens is 3. The van der Waals surface area contributed by atoms with Crippen LogP contribution in [0.1, 0.15) is 5.56 Å². The summed E-state index contributed by atoms with van der Waals surface area (Å²) in [6, 6.07) is 29.0. The highest BCUT2D eigenvalue weighted by atomic mass is 32.2. The Hall–Kier alpha value is -4.15. The standard InChI is InChI=1S/C10H8O3S.C8H6F3NO.C8H7N/c11-14(12,13)10-7-3-5-8-4-1-2-6-9(8)10;9-8(10,11)7(12-13)6-4-2-1-3-5-6;1-2-4-8-7(3-1)5-6-9-8/h1-7H,(H,11,12,13);1-5,13H;1-6,9H. The molecule has 0 radical (unpaired) electrons. The summed E-state index contributed by atoms with van der Waals surface area (Å²) < 4.78 is 67.3. The Bertz CT molecular complexity index is 1530. The van der Waals surface area contributed by atoms with Crippen LogP contribution < -0.4 is 0 Å². The van der Waals surface area contributed by atoms with Gasteiger partial charge in [-0.2, -0.15) is 21.6 Å². The first-order valence-corrected chi connectivity index (χ1v) is 11.9. The van der Waals surface area contributed by atoms with Gasteiger partial charge in [0.1, 0.15) is 4.90 Å². The molecule has 0 bridgehead atoms. The Morgan fingerprint density at radius 1 is 0.750 bits per heavy atom. The van der Waals surface area contributed by atoms with Crippen LogP contribution in [0, 0.1) is 0 Å². The average Bonchev–Trinajstić information content (AvgIpc) is 3.33. The summed E-state index contributed by atoms with van der Waals surface area (Å²) in [5, 5.41) is 13.0. The van der Waals surface area contributed by atoms with Gasteiger partial charge in [0.25, 0.3) is 10.1 Å². The summed E-state index contributed by atoms with van der Waals surface area (Å²) in [7, 11) is -4.13. The molecular formula is C26H21F3N2O4S. The van der Waals surface area contributed by atoms with Gasteiger partial charge in [0.05, 0.1) is 0 Å². The van der Waals surface area contributed by atoms with Crippen LogP contribution in [-0.2, 0) is 10.1 Å². The number of aromatic amines is 1. The van der Waals surface area contributed by atoms with Crippen molar-refractivity contribution >= 4 is 37.5 Å². The van der Waals surface area contributed by atoms with E-state index in [0.29, 0.717) is 5.39 Å². The number of alkyl halides is 3. The molecular weight excluding hydrogens is 493 g/mol. The van der Waals surface area contributed by atoms with Crippen molar-refractivity contribution in [2.24, 2.45) is 5.16 Å². The highest BCUT2D eigenvalue weighted by Gasteiger charge is 2.37. The van der Waals surface area contributed by atoms with E-state index in [0.717, 1.165) is 5.39 Å². The summed E-state index contributed by atoms with van der Waals surface area (Å²) in [6.07, 6.45) is -2.68. The average molecular weight is 515 g/mol. The minimum atomic E-state index is -4.63. The molecule has 4 aromatic carbocycles. The maximum Gasteiger partial charge on any atom is 0.437 e. The van der Waals surface area contributed by atoms with Crippen LogP contribution in [-0.4, -0.2) is 35.0 Å². The van der Waals surface area contributed by atoms with E-state index in [9.17, 15) is 21.6 Å². The number of nitrogens with zero attached hydrogens (tertiary/aromatic N) is 1. The number of nitrogens with one attached hydrogen (secondary N) is 1. The Balaban J connectivity index is 0.000000154. The highest BCUT2D eigenvalue weighted by molar-refractivity contribution is 7.86. The number of rotatable bonds is 2. The quantitative estimate of drug-likeness (QED) is 0.106. The molecule has 0 saturated carbocycles. The number of oxime groups is 1. The fourth-order valence-electron chi connectivity index (χ4n) is 3.29. The van der Waals surface area contributed by atoms with E-state index in [1.54, 1.807) is 36.4 Å². The molecule has 0 atom stereocenters. The molecule has 0 fully saturated rings. The molecule has 36 heavy (non-hydrogen) atoms. The first-order valence-electron chi connectivity index (χ1n) is 10.4. The number of benzene rings is 4. The van der Waals surface area contributed by atoms with E-state index in [1.807, 2.05) is 24.4 Å². The van der Waals surface area contributed by atoms with Gasteiger partial charge in [-0.3, -0.25) is 4.55 Å². The molecule has 0 amide bonds. The molecule has 0 aliphatic heterocycles. The normalized spacial score (nSPS) is 11.8. The lowest BCUT2D eigenvalue weighted by Crippen LogP contribution is -2.23. The van der Waals surface area contributed by atoms with Crippen LogP contribution in [0.25, 0.3) is 21.7 Å². The summed E-state index contributed by atoms with van der Waals surface area (Å²) in [6.45, 7) is 0. The van der Waals surface area contributed by atoms with Crippen LogP contribution >= 0.6 is 0 Å². The Kier molecular flexibility index (Phi) is 8.46. The van der Waals surface area contributed by atoms with Gasteiger partial charge in [-0.25, -0.2) is 0 Å². The molecule has 0 saturated heterocycles. The molecule has 5 rings (SSSR count). The van der Waals surface area contributed by atoms with E-state index in [2.05, 4.69) is 28.3 Å². The predicted molar refractivity (Wildman–Crippen MR) is 133 cm³/mol.